The van der Waals surface area contributed by atoms with Crippen LogP contribution in [0.15, 0.2) is 36.0 Å². The van der Waals surface area contributed by atoms with Crippen LogP contribution in [0.25, 0.3) is 0 Å². The number of anilines is 1. The molecule has 0 bridgehead atoms. The molecule has 0 fully saturated rings. The number of aryl methyl sites for hydroxylation is 1. The molecule has 0 saturated carbocycles. The molecule has 2 rings (SSSR count). The summed E-state index contributed by atoms with van der Waals surface area (Å²) in [5, 5.41) is 12.0. The topological polar surface area (TPSA) is 56.1 Å². The number of amides is 1. The number of para-hydroxylation sites is 1. The molecule has 0 unspecified atom stereocenters. The number of carbonyl (C=O) groups is 1. The van der Waals surface area contributed by atoms with Crippen LogP contribution in [0.4, 0.5) is 5.69 Å². The van der Waals surface area contributed by atoms with Crippen LogP contribution >= 0.6 is 0 Å². The Kier molecular flexibility index (Phi) is 4.19. The van der Waals surface area contributed by atoms with E-state index in [1.807, 2.05) is 37.3 Å². The molecule has 0 aromatic heterocycles. The third-order valence-electron chi connectivity index (χ3n) is 3.16. The second-order valence-corrected chi connectivity index (χ2v) is 4.42. The van der Waals surface area contributed by atoms with Crippen LogP contribution < -0.4 is 10.2 Å². The van der Waals surface area contributed by atoms with Crippen LogP contribution in [0.1, 0.15) is 18.9 Å². The SMILES string of the molecule is CCN/C=C(/C#N)C(=O)N1CCCc2ccccc21. The van der Waals surface area contributed by atoms with Gasteiger partial charge >= 0.3 is 0 Å². The van der Waals surface area contributed by atoms with E-state index in [0.717, 1.165) is 18.5 Å². The minimum absolute atomic E-state index is 0.151. The summed E-state index contributed by atoms with van der Waals surface area (Å²) in [6, 6.07) is 9.85. The van der Waals surface area contributed by atoms with Gasteiger partial charge in [0.1, 0.15) is 11.6 Å². The molecule has 19 heavy (non-hydrogen) atoms. The van der Waals surface area contributed by atoms with E-state index in [1.54, 1.807) is 4.90 Å². The molecule has 0 aliphatic carbocycles. The van der Waals surface area contributed by atoms with Gasteiger partial charge in [-0.3, -0.25) is 4.79 Å². The first kappa shape index (κ1) is 13.2. The zero-order chi connectivity index (χ0) is 13.7. The van der Waals surface area contributed by atoms with Crippen molar-refractivity contribution in [2.45, 2.75) is 19.8 Å². The standard InChI is InChI=1S/C15H17N3O/c1-2-17-11-13(10-16)15(19)18-9-5-7-12-6-3-4-8-14(12)18/h3-4,6,8,11,17H,2,5,7,9H2,1H3/b13-11-. The average Bonchev–Trinajstić information content (AvgIpc) is 2.47. The van der Waals surface area contributed by atoms with Gasteiger partial charge in [0, 0.05) is 25.0 Å². The van der Waals surface area contributed by atoms with Gasteiger partial charge in [-0.25, -0.2) is 0 Å². The molecule has 1 amide bonds. The van der Waals surface area contributed by atoms with Crippen molar-refractivity contribution >= 4 is 11.6 Å². The number of hydrogen-bond acceptors (Lipinski definition) is 3. The van der Waals surface area contributed by atoms with E-state index < -0.39 is 0 Å². The van der Waals surface area contributed by atoms with Gasteiger partial charge in [0.05, 0.1) is 0 Å². The summed E-state index contributed by atoms with van der Waals surface area (Å²) < 4.78 is 0. The molecule has 0 spiro atoms. The fourth-order valence-corrected chi connectivity index (χ4v) is 2.24. The number of fused-ring (bicyclic) bond motifs is 1. The molecule has 1 aliphatic heterocycles. The van der Waals surface area contributed by atoms with E-state index in [0.29, 0.717) is 13.1 Å². The molecule has 4 nitrogen and oxygen atoms in total. The molecular formula is C15H17N3O. The number of rotatable bonds is 3. The highest BCUT2D eigenvalue weighted by Crippen LogP contribution is 2.27. The van der Waals surface area contributed by atoms with Crippen LogP contribution in [0.2, 0.25) is 0 Å². The molecule has 1 aromatic carbocycles. The Bertz CT molecular complexity index is 543. The Morgan fingerprint density at radius 2 is 2.32 bits per heavy atom. The summed E-state index contributed by atoms with van der Waals surface area (Å²) in [5.41, 5.74) is 2.25. The van der Waals surface area contributed by atoms with Gasteiger partial charge in [0.15, 0.2) is 0 Å². The number of nitrogens with one attached hydrogen (secondary N) is 1. The number of hydrogen-bond donors (Lipinski definition) is 1. The van der Waals surface area contributed by atoms with Crippen molar-refractivity contribution in [2.75, 3.05) is 18.0 Å². The molecule has 0 saturated heterocycles. The largest absolute Gasteiger partial charge is 0.390 e. The molecular weight excluding hydrogens is 238 g/mol. The molecule has 1 N–H and O–H groups in total. The third-order valence-corrected chi connectivity index (χ3v) is 3.16. The lowest BCUT2D eigenvalue weighted by Gasteiger charge is -2.29. The van der Waals surface area contributed by atoms with E-state index in [2.05, 4.69) is 5.32 Å². The zero-order valence-corrected chi connectivity index (χ0v) is 11.0. The fraction of sp³-hybridized carbons (Fsp3) is 0.333. The summed E-state index contributed by atoms with van der Waals surface area (Å²) in [6.45, 7) is 3.28. The van der Waals surface area contributed by atoms with Gasteiger partial charge in [-0.15, -0.1) is 0 Å². The van der Waals surface area contributed by atoms with E-state index in [-0.39, 0.29) is 11.5 Å². The van der Waals surface area contributed by atoms with Gasteiger partial charge in [-0.2, -0.15) is 5.26 Å². The zero-order valence-electron chi connectivity index (χ0n) is 11.0. The second-order valence-electron chi connectivity index (χ2n) is 4.42. The van der Waals surface area contributed by atoms with Gasteiger partial charge in [-0.1, -0.05) is 18.2 Å². The highest BCUT2D eigenvalue weighted by atomic mass is 16.2. The van der Waals surface area contributed by atoms with Crippen molar-refractivity contribution in [3.63, 3.8) is 0 Å². The fourth-order valence-electron chi connectivity index (χ4n) is 2.24. The Morgan fingerprint density at radius 1 is 1.53 bits per heavy atom. The molecule has 1 heterocycles. The predicted octanol–water partition coefficient (Wildman–Crippen LogP) is 1.98. The van der Waals surface area contributed by atoms with Gasteiger partial charge in [-0.05, 0) is 31.4 Å². The lowest BCUT2D eigenvalue weighted by Crippen LogP contribution is -2.36. The van der Waals surface area contributed by atoms with Crippen LogP contribution in [0.5, 0.6) is 0 Å². The summed E-state index contributed by atoms with van der Waals surface area (Å²) in [6.07, 6.45) is 3.42. The Labute approximate surface area is 113 Å². The van der Waals surface area contributed by atoms with E-state index in [1.165, 1.54) is 11.8 Å². The molecule has 98 valence electrons. The van der Waals surface area contributed by atoms with Gasteiger partial charge < -0.3 is 10.2 Å². The van der Waals surface area contributed by atoms with Crippen molar-refractivity contribution in [1.82, 2.24) is 5.32 Å². The maximum Gasteiger partial charge on any atom is 0.270 e. The number of nitriles is 1. The summed E-state index contributed by atoms with van der Waals surface area (Å²) in [7, 11) is 0. The minimum Gasteiger partial charge on any atom is -0.390 e. The molecule has 0 atom stereocenters. The highest BCUT2D eigenvalue weighted by Gasteiger charge is 2.24. The molecule has 4 heteroatoms. The molecule has 1 aliphatic rings. The Morgan fingerprint density at radius 3 is 3.05 bits per heavy atom. The Hall–Kier alpha value is -2.28. The van der Waals surface area contributed by atoms with Crippen LogP contribution in [-0.2, 0) is 11.2 Å². The summed E-state index contributed by atoms with van der Waals surface area (Å²) in [5.74, 6) is -0.226. The van der Waals surface area contributed by atoms with Crippen molar-refractivity contribution in [1.29, 1.82) is 5.26 Å². The quantitative estimate of drug-likeness (QED) is 0.663. The van der Waals surface area contributed by atoms with Gasteiger partial charge in [0.25, 0.3) is 5.91 Å². The van der Waals surface area contributed by atoms with E-state index >= 15 is 0 Å². The highest BCUT2D eigenvalue weighted by molar-refractivity contribution is 6.08. The summed E-state index contributed by atoms with van der Waals surface area (Å²) >= 11 is 0. The van der Waals surface area contributed by atoms with Crippen LogP contribution in [-0.4, -0.2) is 19.0 Å². The first-order valence-electron chi connectivity index (χ1n) is 6.51. The molecule has 0 radical (unpaired) electrons. The van der Waals surface area contributed by atoms with Crippen molar-refractivity contribution < 1.29 is 4.79 Å². The van der Waals surface area contributed by atoms with Crippen molar-refractivity contribution in [3.05, 3.63) is 41.6 Å². The van der Waals surface area contributed by atoms with Crippen LogP contribution in [0.3, 0.4) is 0 Å². The third kappa shape index (κ3) is 2.76. The number of benzene rings is 1. The monoisotopic (exact) mass is 255 g/mol. The Balaban J connectivity index is 2.28. The minimum atomic E-state index is -0.226. The first-order chi connectivity index (χ1) is 9.27. The average molecular weight is 255 g/mol. The smallest absolute Gasteiger partial charge is 0.270 e. The van der Waals surface area contributed by atoms with E-state index in [9.17, 15) is 4.79 Å². The second kappa shape index (κ2) is 6.05. The lowest BCUT2D eigenvalue weighted by molar-refractivity contribution is -0.114. The van der Waals surface area contributed by atoms with Gasteiger partial charge in [0.2, 0.25) is 0 Å². The van der Waals surface area contributed by atoms with E-state index in [4.69, 9.17) is 5.26 Å². The van der Waals surface area contributed by atoms with Crippen LogP contribution in [0, 0.1) is 11.3 Å². The maximum atomic E-state index is 12.4. The predicted molar refractivity (Wildman–Crippen MR) is 74.5 cm³/mol. The number of carbonyl (C=O) groups excluding carboxylic acids is 1. The summed E-state index contributed by atoms with van der Waals surface area (Å²) in [4.78, 5) is 14.1. The van der Waals surface area contributed by atoms with Crippen molar-refractivity contribution in [2.24, 2.45) is 0 Å². The number of nitrogens with zero attached hydrogens (tertiary/aromatic N) is 2. The normalized spacial score (nSPS) is 14.5. The maximum absolute atomic E-state index is 12.4. The first-order valence-corrected chi connectivity index (χ1v) is 6.51. The molecule has 1 aromatic rings. The lowest BCUT2D eigenvalue weighted by atomic mass is 10.0. The van der Waals surface area contributed by atoms with Crippen molar-refractivity contribution in [3.8, 4) is 6.07 Å².